The van der Waals surface area contributed by atoms with Gasteiger partial charge in [0.25, 0.3) is 0 Å². The zero-order chi connectivity index (χ0) is 20.1. The van der Waals surface area contributed by atoms with E-state index in [0.717, 1.165) is 15.2 Å². The van der Waals surface area contributed by atoms with Crippen molar-refractivity contribution in [2.75, 3.05) is 24.7 Å². The quantitative estimate of drug-likeness (QED) is 0.550. The molecular formula is C19H17Cl2N3O2S2. The van der Waals surface area contributed by atoms with E-state index in [-0.39, 0.29) is 24.1 Å². The second-order valence-corrected chi connectivity index (χ2v) is 8.91. The van der Waals surface area contributed by atoms with Gasteiger partial charge in [0.2, 0.25) is 11.8 Å². The third-order valence-corrected chi connectivity index (χ3v) is 6.69. The Bertz CT molecular complexity index is 977. The Kier molecular flexibility index (Phi) is 7.18. The number of carbonyl (C=O) groups excluding carboxylic acids is 2. The van der Waals surface area contributed by atoms with Crippen molar-refractivity contribution in [2.45, 2.75) is 5.75 Å². The first-order chi connectivity index (χ1) is 13.4. The fraction of sp³-hybridized carbons (Fsp3) is 0.211. The van der Waals surface area contributed by atoms with Crippen LogP contribution in [0.2, 0.25) is 10.0 Å². The number of fused-ring (bicyclic) bond motifs is 1. The monoisotopic (exact) mass is 453 g/mol. The van der Waals surface area contributed by atoms with E-state index in [1.807, 2.05) is 24.3 Å². The molecule has 0 aliphatic heterocycles. The van der Waals surface area contributed by atoms with Gasteiger partial charge in [0, 0.05) is 18.5 Å². The van der Waals surface area contributed by atoms with Gasteiger partial charge in [-0.2, -0.15) is 0 Å². The average molecular weight is 454 g/mol. The zero-order valence-electron chi connectivity index (χ0n) is 14.9. The fourth-order valence-corrected chi connectivity index (χ4v) is 4.68. The van der Waals surface area contributed by atoms with Crippen molar-refractivity contribution in [3.63, 3.8) is 0 Å². The number of thioether (sulfide) groups is 1. The van der Waals surface area contributed by atoms with Gasteiger partial charge in [-0.15, -0.1) is 23.1 Å². The molecule has 0 saturated carbocycles. The summed E-state index contributed by atoms with van der Waals surface area (Å²) in [5.74, 6) is 0.529. The average Bonchev–Trinajstić information content (AvgIpc) is 3.07. The van der Waals surface area contributed by atoms with E-state index in [1.54, 1.807) is 36.6 Å². The normalized spacial score (nSPS) is 10.8. The maximum atomic E-state index is 12.3. The molecular weight excluding hydrogens is 437 g/mol. The van der Waals surface area contributed by atoms with Crippen LogP contribution in [0.4, 0.5) is 5.69 Å². The minimum Gasteiger partial charge on any atom is -0.336 e. The van der Waals surface area contributed by atoms with E-state index >= 15 is 0 Å². The number of rotatable bonds is 7. The molecule has 0 atom stereocenters. The van der Waals surface area contributed by atoms with Gasteiger partial charge in [0.15, 0.2) is 0 Å². The summed E-state index contributed by atoms with van der Waals surface area (Å²) in [4.78, 5) is 30.3. The number of para-hydroxylation sites is 1. The van der Waals surface area contributed by atoms with Crippen molar-refractivity contribution in [3.05, 3.63) is 57.5 Å². The highest BCUT2D eigenvalue weighted by Gasteiger charge is 2.14. The summed E-state index contributed by atoms with van der Waals surface area (Å²) in [6.07, 6.45) is 0. The highest BCUT2D eigenvalue weighted by molar-refractivity contribution is 7.99. The number of anilines is 1. The molecule has 0 unspecified atom stereocenters. The van der Waals surface area contributed by atoms with Crippen LogP contribution < -0.4 is 5.32 Å². The van der Waals surface area contributed by atoms with Crippen LogP contribution in [0.15, 0.2) is 42.5 Å². The van der Waals surface area contributed by atoms with Crippen LogP contribution in [0.1, 0.15) is 5.01 Å². The standard InChI is InChI=1S/C19H17Cl2N3O2S2/c1-24(9-17(25)22-12-6-7-13(20)14(21)8-12)19(26)11-27-10-18-23-15-4-2-3-5-16(15)28-18/h2-8H,9-11H2,1H3,(H,22,25). The Morgan fingerprint density at radius 1 is 1.18 bits per heavy atom. The number of hydrogen-bond donors (Lipinski definition) is 1. The Labute approximate surface area is 181 Å². The molecule has 2 amide bonds. The highest BCUT2D eigenvalue weighted by atomic mass is 35.5. The van der Waals surface area contributed by atoms with Crippen molar-refractivity contribution in [2.24, 2.45) is 0 Å². The number of amides is 2. The predicted molar refractivity (Wildman–Crippen MR) is 119 cm³/mol. The first-order valence-corrected chi connectivity index (χ1v) is 11.1. The zero-order valence-corrected chi connectivity index (χ0v) is 18.1. The predicted octanol–water partition coefficient (Wildman–Crippen LogP) is 4.93. The summed E-state index contributed by atoms with van der Waals surface area (Å²) in [6, 6.07) is 12.8. The lowest BCUT2D eigenvalue weighted by Gasteiger charge is -2.16. The molecule has 0 saturated heterocycles. The van der Waals surface area contributed by atoms with E-state index in [4.69, 9.17) is 23.2 Å². The van der Waals surface area contributed by atoms with Gasteiger partial charge in [-0.25, -0.2) is 4.98 Å². The van der Waals surface area contributed by atoms with Crippen LogP contribution in [-0.4, -0.2) is 41.0 Å². The third kappa shape index (κ3) is 5.61. The number of thiazole rings is 1. The molecule has 0 bridgehead atoms. The van der Waals surface area contributed by atoms with E-state index < -0.39 is 0 Å². The van der Waals surface area contributed by atoms with Gasteiger partial charge in [-0.05, 0) is 30.3 Å². The number of nitrogens with one attached hydrogen (secondary N) is 1. The number of carbonyl (C=O) groups is 2. The van der Waals surface area contributed by atoms with Crippen molar-refractivity contribution in [1.82, 2.24) is 9.88 Å². The summed E-state index contributed by atoms with van der Waals surface area (Å²) in [5.41, 5.74) is 1.51. The van der Waals surface area contributed by atoms with Gasteiger partial charge in [-0.1, -0.05) is 35.3 Å². The van der Waals surface area contributed by atoms with Crippen molar-refractivity contribution in [3.8, 4) is 0 Å². The van der Waals surface area contributed by atoms with E-state index in [9.17, 15) is 9.59 Å². The Morgan fingerprint density at radius 3 is 2.71 bits per heavy atom. The van der Waals surface area contributed by atoms with Gasteiger partial charge >= 0.3 is 0 Å². The first-order valence-electron chi connectivity index (χ1n) is 8.33. The lowest BCUT2D eigenvalue weighted by atomic mass is 10.3. The molecule has 2 aromatic carbocycles. The van der Waals surface area contributed by atoms with Crippen molar-refractivity contribution >= 4 is 74.0 Å². The fourth-order valence-electron chi connectivity index (χ4n) is 2.40. The van der Waals surface area contributed by atoms with E-state index in [1.165, 1.54) is 16.7 Å². The summed E-state index contributed by atoms with van der Waals surface area (Å²) in [6.45, 7) is -0.0409. The minimum atomic E-state index is -0.301. The number of aromatic nitrogens is 1. The van der Waals surface area contributed by atoms with E-state index in [2.05, 4.69) is 10.3 Å². The Hall–Kier alpha value is -1.80. The lowest BCUT2D eigenvalue weighted by molar-refractivity contribution is -0.131. The molecule has 5 nitrogen and oxygen atoms in total. The molecule has 0 spiro atoms. The maximum Gasteiger partial charge on any atom is 0.243 e. The van der Waals surface area contributed by atoms with Crippen LogP contribution in [-0.2, 0) is 15.3 Å². The number of nitrogens with zero attached hydrogens (tertiary/aromatic N) is 2. The van der Waals surface area contributed by atoms with Gasteiger partial charge < -0.3 is 10.2 Å². The maximum absolute atomic E-state index is 12.3. The second-order valence-electron chi connectivity index (χ2n) is 5.99. The van der Waals surface area contributed by atoms with Crippen molar-refractivity contribution in [1.29, 1.82) is 0 Å². The Morgan fingerprint density at radius 2 is 1.96 bits per heavy atom. The summed E-state index contributed by atoms with van der Waals surface area (Å²) in [5, 5.41) is 4.46. The molecule has 1 heterocycles. The molecule has 1 aromatic heterocycles. The van der Waals surface area contributed by atoms with E-state index in [0.29, 0.717) is 21.5 Å². The molecule has 0 aliphatic carbocycles. The third-order valence-electron chi connectivity index (χ3n) is 3.80. The largest absolute Gasteiger partial charge is 0.336 e. The SMILES string of the molecule is CN(CC(=O)Nc1ccc(Cl)c(Cl)c1)C(=O)CSCc1nc2ccccc2s1. The smallest absolute Gasteiger partial charge is 0.243 e. The molecule has 28 heavy (non-hydrogen) atoms. The molecule has 146 valence electrons. The minimum absolute atomic E-state index is 0.0409. The molecule has 1 N–H and O–H groups in total. The molecule has 0 fully saturated rings. The second kappa shape index (κ2) is 9.60. The number of likely N-dealkylation sites (N-methyl/N-ethyl adjacent to an activating group) is 1. The molecule has 3 rings (SSSR count). The van der Waals surface area contributed by atoms with Crippen LogP contribution in [0.25, 0.3) is 10.2 Å². The van der Waals surface area contributed by atoms with Crippen LogP contribution in [0, 0.1) is 0 Å². The molecule has 3 aromatic rings. The summed E-state index contributed by atoms with van der Waals surface area (Å²) < 4.78 is 1.14. The highest BCUT2D eigenvalue weighted by Crippen LogP contribution is 2.26. The number of benzene rings is 2. The van der Waals surface area contributed by atoms with Crippen LogP contribution in [0.3, 0.4) is 0 Å². The van der Waals surface area contributed by atoms with Crippen LogP contribution >= 0.6 is 46.3 Å². The summed E-state index contributed by atoms with van der Waals surface area (Å²) >= 11 is 14.9. The van der Waals surface area contributed by atoms with Gasteiger partial charge in [0.05, 0.1) is 32.6 Å². The number of hydrogen-bond acceptors (Lipinski definition) is 5. The van der Waals surface area contributed by atoms with Crippen molar-refractivity contribution < 1.29 is 9.59 Å². The van der Waals surface area contributed by atoms with Crippen LogP contribution in [0.5, 0.6) is 0 Å². The molecule has 0 radical (unpaired) electrons. The summed E-state index contributed by atoms with van der Waals surface area (Å²) in [7, 11) is 1.61. The molecule has 9 heteroatoms. The topological polar surface area (TPSA) is 62.3 Å². The molecule has 0 aliphatic rings. The Balaban J connectivity index is 1.44. The van der Waals surface area contributed by atoms with Gasteiger partial charge in [-0.3, -0.25) is 9.59 Å². The first kappa shape index (κ1) is 20.9. The lowest BCUT2D eigenvalue weighted by Crippen LogP contribution is -2.36. The van der Waals surface area contributed by atoms with Gasteiger partial charge in [0.1, 0.15) is 5.01 Å². The number of halogens is 2.